The molecule has 3 aliphatic rings. The van der Waals surface area contributed by atoms with E-state index < -0.39 is 8.24 Å². The minimum atomic E-state index is -1.40. The molecule has 4 atom stereocenters. The smallest absolute Gasteiger partial charge is 0.128 e. The van der Waals surface area contributed by atoms with Gasteiger partial charge in [-0.2, -0.15) is 0 Å². The van der Waals surface area contributed by atoms with Gasteiger partial charge >= 0.3 is 0 Å². The molecule has 0 aromatic heterocycles. The summed E-state index contributed by atoms with van der Waals surface area (Å²) >= 11 is 0. The van der Waals surface area contributed by atoms with Crippen molar-refractivity contribution in [2.45, 2.75) is 32.0 Å². The molecule has 3 unspecified atom stereocenters. The summed E-state index contributed by atoms with van der Waals surface area (Å²) in [7, 11) is -1.40. The molecule has 1 saturated carbocycles. The predicted molar refractivity (Wildman–Crippen MR) is 83.0 cm³/mol. The molecule has 0 radical (unpaired) electrons. The van der Waals surface area contributed by atoms with Gasteiger partial charge in [0.15, 0.2) is 0 Å². The second-order valence-corrected chi connectivity index (χ2v) is 11.6. The maximum atomic E-state index is 3.47. The lowest BCUT2D eigenvalue weighted by molar-refractivity contribution is 0.283. The number of fused-ring (bicyclic) bond motifs is 1. The first kappa shape index (κ1) is 13.6. The van der Waals surface area contributed by atoms with Crippen molar-refractivity contribution in [1.82, 2.24) is 15.2 Å². The van der Waals surface area contributed by atoms with E-state index in [0.29, 0.717) is 0 Å². The van der Waals surface area contributed by atoms with Crippen LogP contribution in [0.25, 0.3) is 0 Å². The van der Waals surface area contributed by atoms with Crippen LogP contribution in [0.1, 0.15) is 13.3 Å². The predicted octanol–water partition coefficient (Wildman–Crippen LogP) is 2.33. The van der Waals surface area contributed by atoms with Gasteiger partial charge in [-0.15, -0.1) is 0 Å². The molecule has 0 bridgehead atoms. The molecular formula is C15H27N3Si. The Balaban J connectivity index is 1.80. The lowest BCUT2D eigenvalue weighted by Crippen LogP contribution is -2.63. The number of rotatable bonds is 2. The van der Waals surface area contributed by atoms with E-state index in [1.165, 1.54) is 6.42 Å². The van der Waals surface area contributed by atoms with Gasteiger partial charge in [0, 0.05) is 20.0 Å². The topological polar surface area (TPSA) is 27.3 Å². The average Bonchev–Trinajstić information content (AvgIpc) is 2.79. The highest BCUT2D eigenvalue weighted by Gasteiger charge is 2.49. The fourth-order valence-electron chi connectivity index (χ4n) is 4.26. The van der Waals surface area contributed by atoms with E-state index in [9.17, 15) is 0 Å². The van der Waals surface area contributed by atoms with E-state index in [4.69, 9.17) is 0 Å². The minimum Gasteiger partial charge on any atom is -0.299 e. The summed E-state index contributed by atoms with van der Waals surface area (Å²) in [5.41, 5.74) is 0.885. The average molecular weight is 277 g/mol. The number of nitrogens with zero attached hydrogens (tertiary/aromatic N) is 1. The molecular weight excluding hydrogens is 250 g/mol. The number of nitrogens with one attached hydrogen (secondary N) is 2. The molecule has 3 nitrogen and oxygen atoms in total. The van der Waals surface area contributed by atoms with Crippen LogP contribution in [0, 0.1) is 17.8 Å². The van der Waals surface area contributed by atoms with Gasteiger partial charge in [-0.05, 0) is 29.7 Å². The van der Waals surface area contributed by atoms with Crippen LogP contribution in [0.4, 0.5) is 0 Å². The Hall–Kier alpha value is -0.423. The molecule has 2 fully saturated rings. The zero-order valence-electron chi connectivity index (χ0n) is 12.4. The van der Waals surface area contributed by atoms with E-state index in [0.717, 1.165) is 43.3 Å². The molecule has 19 heavy (non-hydrogen) atoms. The van der Waals surface area contributed by atoms with Crippen LogP contribution in [0.5, 0.6) is 0 Å². The highest BCUT2D eigenvalue weighted by Crippen LogP contribution is 2.52. The van der Waals surface area contributed by atoms with Crippen molar-refractivity contribution in [3.63, 3.8) is 0 Å². The van der Waals surface area contributed by atoms with Crippen LogP contribution in [0.3, 0.4) is 0 Å². The summed E-state index contributed by atoms with van der Waals surface area (Å²) in [6.45, 7) is 10.7. The number of hydrogen-bond donors (Lipinski definition) is 2. The van der Waals surface area contributed by atoms with Gasteiger partial charge in [0.25, 0.3) is 0 Å². The molecule has 3 rings (SSSR count). The van der Waals surface area contributed by atoms with Crippen molar-refractivity contribution in [1.29, 1.82) is 0 Å². The molecule has 0 aromatic rings. The molecule has 0 amide bonds. The van der Waals surface area contributed by atoms with Gasteiger partial charge < -0.3 is 0 Å². The molecule has 4 heteroatoms. The van der Waals surface area contributed by atoms with Crippen molar-refractivity contribution in [3.8, 4) is 0 Å². The van der Waals surface area contributed by atoms with Crippen molar-refractivity contribution < 1.29 is 0 Å². The fourth-order valence-corrected chi connectivity index (χ4v) is 7.99. The Morgan fingerprint density at radius 1 is 1.05 bits per heavy atom. The van der Waals surface area contributed by atoms with Gasteiger partial charge in [0.05, 0.1) is 0 Å². The normalized spacial score (nSPS) is 39.5. The van der Waals surface area contributed by atoms with Gasteiger partial charge in [0.2, 0.25) is 0 Å². The van der Waals surface area contributed by atoms with Crippen LogP contribution in [-0.4, -0.2) is 32.8 Å². The molecule has 1 heterocycles. The Morgan fingerprint density at radius 3 is 2.37 bits per heavy atom. The summed E-state index contributed by atoms with van der Waals surface area (Å²) < 4.78 is 2.70. The first-order valence-corrected chi connectivity index (χ1v) is 10.6. The van der Waals surface area contributed by atoms with Crippen molar-refractivity contribution in [3.05, 3.63) is 24.3 Å². The first-order chi connectivity index (χ1) is 9.10. The molecule has 1 saturated heterocycles. The summed E-state index contributed by atoms with van der Waals surface area (Å²) in [5.74, 6) is 2.41. The molecule has 0 aromatic carbocycles. The quantitative estimate of drug-likeness (QED) is 0.759. The highest BCUT2D eigenvalue weighted by atomic mass is 28.3. The first-order valence-electron chi connectivity index (χ1n) is 7.62. The van der Waals surface area contributed by atoms with Crippen LogP contribution >= 0.6 is 0 Å². The van der Waals surface area contributed by atoms with Gasteiger partial charge in [-0.3, -0.25) is 15.2 Å². The largest absolute Gasteiger partial charge is 0.299 e. The zero-order chi connectivity index (χ0) is 13.5. The second kappa shape index (κ2) is 5.17. The Kier molecular flexibility index (Phi) is 3.69. The second-order valence-electron chi connectivity index (χ2n) is 6.93. The van der Waals surface area contributed by atoms with Crippen LogP contribution in [-0.2, 0) is 0 Å². The van der Waals surface area contributed by atoms with Gasteiger partial charge in [0.1, 0.15) is 8.24 Å². The summed E-state index contributed by atoms with van der Waals surface area (Å²) in [6.07, 6.45) is 10.9. The minimum absolute atomic E-state index is 0.781. The molecule has 0 spiro atoms. The molecule has 2 N–H and O–H groups in total. The zero-order valence-corrected chi connectivity index (χ0v) is 13.4. The monoisotopic (exact) mass is 277 g/mol. The third-order valence-corrected chi connectivity index (χ3v) is 9.93. The summed E-state index contributed by atoms with van der Waals surface area (Å²) in [4.78, 5) is 0. The third-order valence-electron chi connectivity index (χ3n) is 5.55. The van der Waals surface area contributed by atoms with Crippen molar-refractivity contribution in [2.75, 3.05) is 20.0 Å². The highest BCUT2D eigenvalue weighted by molar-refractivity contribution is 6.76. The number of hydrogen-bond acceptors (Lipinski definition) is 3. The van der Waals surface area contributed by atoms with Crippen molar-refractivity contribution in [2.24, 2.45) is 17.8 Å². The Bertz CT molecular complexity index is 385. The van der Waals surface area contributed by atoms with Gasteiger partial charge in [-0.1, -0.05) is 44.3 Å². The summed E-state index contributed by atoms with van der Waals surface area (Å²) in [6, 6.07) is 0. The Labute approximate surface area is 118 Å². The lowest BCUT2D eigenvalue weighted by Gasteiger charge is -2.45. The van der Waals surface area contributed by atoms with Gasteiger partial charge in [-0.25, -0.2) is 0 Å². The molecule has 1 aliphatic heterocycles. The fraction of sp³-hybridized carbons (Fsp3) is 0.733. The maximum absolute atomic E-state index is 3.47. The SMILES string of the molecule is C[C@H]1CC([Si](C)(C)N2CNCNC2)C2C=CC=CC21. The Morgan fingerprint density at radius 2 is 1.68 bits per heavy atom. The van der Waals surface area contributed by atoms with Crippen molar-refractivity contribution >= 4 is 8.24 Å². The van der Waals surface area contributed by atoms with E-state index in [-0.39, 0.29) is 0 Å². The van der Waals surface area contributed by atoms with Crippen LogP contribution in [0.15, 0.2) is 24.3 Å². The van der Waals surface area contributed by atoms with E-state index in [1.807, 2.05) is 0 Å². The standard InChI is InChI=1S/C15H27N3Si/c1-12-8-15(14-7-5-4-6-13(12)14)19(2,3)18-10-16-9-17-11-18/h4-7,12-17H,8-11H2,1-3H3/t12-,13?,14?,15?/m0/s1. The lowest BCUT2D eigenvalue weighted by atomic mass is 9.87. The van der Waals surface area contributed by atoms with Crippen LogP contribution in [0.2, 0.25) is 18.6 Å². The third kappa shape index (κ3) is 2.35. The molecule has 2 aliphatic carbocycles. The van der Waals surface area contributed by atoms with Crippen LogP contribution < -0.4 is 10.6 Å². The molecule has 106 valence electrons. The maximum Gasteiger partial charge on any atom is 0.128 e. The number of allylic oxidation sites excluding steroid dienone is 4. The van der Waals surface area contributed by atoms with E-state index >= 15 is 0 Å². The van der Waals surface area contributed by atoms with E-state index in [1.54, 1.807) is 0 Å². The van der Waals surface area contributed by atoms with E-state index in [2.05, 4.69) is 59.5 Å². The summed E-state index contributed by atoms with van der Waals surface area (Å²) in [5, 5.41) is 6.93.